The molecule has 66 heteroatoms. The van der Waals surface area contributed by atoms with E-state index in [9.17, 15) is 0 Å². The van der Waals surface area contributed by atoms with Crippen LogP contribution in [0, 0.1) is 0 Å². The van der Waals surface area contributed by atoms with Crippen molar-refractivity contribution in [2.75, 3.05) is 0 Å². The molecule has 0 aromatic carbocycles. The van der Waals surface area contributed by atoms with Crippen LogP contribution in [-0.4, -0.2) is 0 Å². The van der Waals surface area contributed by atoms with E-state index in [0.29, 0.717) is 0 Å². The maximum atomic E-state index is 0. The van der Waals surface area contributed by atoms with Crippen LogP contribution in [0.3, 0.4) is 0 Å². The van der Waals surface area contributed by atoms with Crippen molar-refractivity contribution >= 4 is 0 Å². The van der Waals surface area contributed by atoms with Gasteiger partial charge in [-0.1, -0.05) is 0 Å². The van der Waals surface area contributed by atoms with Gasteiger partial charge in [-0.05, 0) is 0 Å². The quantitative estimate of drug-likeness (QED) is 0.317. The molecule has 0 aromatic heterocycles. The Labute approximate surface area is 2070 Å². The second-order valence-electron chi connectivity index (χ2n) is 0. The van der Waals surface area contributed by atoms with E-state index in [2.05, 4.69) is 0 Å². The average molecular weight is 5870 g/mol. The van der Waals surface area contributed by atoms with Crippen LogP contribution in [0.15, 0.2) is 0 Å². The van der Waals surface area contributed by atoms with Gasteiger partial charge in [-0.2, -0.15) is 0 Å². The predicted octanol–water partition coefficient (Wildman–Crippen LogP) is -0.165. The van der Waals surface area contributed by atoms with E-state index in [4.69, 9.17) is 0 Å². The molecule has 0 nitrogen and oxygen atoms in total. The van der Waals surface area contributed by atoms with Crippen molar-refractivity contribution in [2.45, 2.75) is 0 Å². The minimum Gasteiger partial charge on any atom is 0 e. The summed E-state index contributed by atoms with van der Waals surface area (Å²) in [5.74, 6) is 0. The Morgan fingerprint density at radius 1 is 0.0152 bits per heavy atom. The van der Waals surface area contributed by atoms with Gasteiger partial charge in [0.2, 0.25) is 0 Å². The first-order chi connectivity index (χ1) is 0. The van der Waals surface area contributed by atoms with Crippen LogP contribution in [0.1, 0.15) is 0 Å². The molecule has 0 amide bonds. The summed E-state index contributed by atoms with van der Waals surface area (Å²) in [6.07, 6.45) is 0. The molecule has 0 rings (SSSR count). The minimum absolute atomic E-state index is 0. The number of hydrogen-bond donors (Lipinski definition) is 0. The summed E-state index contributed by atoms with van der Waals surface area (Å²) in [4.78, 5) is 0. The number of rotatable bonds is 0. The Bertz CT molecular complexity index is 0. The van der Waals surface area contributed by atoms with E-state index in [1.807, 2.05) is 0 Å². The third-order valence-electron chi connectivity index (χ3n) is 0. The smallest absolute Gasteiger partial charge is 0 e. The number of hydrogen-bond acceptors (Lipinski definition) is 0. The molecule has 0 unspecified atom stereocenters. The first-order valence-corrected chi connectivity index (χ1v) is 0. The molecule has 0 fully saturated rings. The second kappa shape index (κ2) is 486. The summed E-state index contributed by atoms with van der Waals surface area (Å²) in [5, 5.41) is 0. The first-order valence-electron chi connectivity index (χ1n) is 0. The topological polar surface area (TPSA) is 0 Å². The van der Waals surface area contributed by atoms with Crippen molar-refractivity contribution < 1.29 is 2160 Å². The van der Waals surface area contributed by atoms with E-state index in [0.717, 1.165) is 0 Å². The van der Waals surface area contributed by atoms with Crippen LogP contribution in [0.2, 0.25) is 0 Å². The van der Waals surface area contributed by atoms with Crippen LogP contribution in [-0.2, 0) is 2160 Å². The minimum atomic E-state index is 0. The standard InChI is InChI=1S/66Y. The van der Waals surface area contributed by atoms with Crippen molar-refractivity contribution in [3.8, 4) is 0 Å². The van der Waals surface area contributed by atoms with Gasteiger partial charge >= 0.3 is 0 Å². The van der Waals surface area contributed by atoms with E-state index in [1.165, 1.54) is 0 Å². The zero-order chi connectivity index (χ0) is 0. The van der Waals surface area contributed by atoms with E-state index < -0.39 is 0 Å². The summed E-state index contributed by atoms with van der Waals surface area (Å²) >= 11 is 0. The summed E-state index contributed by atoms with van der Waals surface area (Å²) in [6.45, 7) is 0. The SMILES string of the molecule is [Y].[Y].[Y].[Y].[Y].[Y].[Y].[Y].[Y].[Y].[Y].[Y].[Y].[Y].[Y].[Y].[Y].[Y].[Y].[Y].[Y].[Y].[Y].[Y].[Y].[Y].[Y].[Y].[Y].[Y].[Y].[Y].[Y].[Y].[Y].[Y].[Y].[Y].[Y].[Y].[Y].[Y].[Y].[Y].[Y].[Y].[Y].[Y].[Y].[Y].[Y].[Y].[Y].[Y].[Y].[Y].[Y].[Y].[Y].[Y].[Y].[Y].[Y].[Y].[Y].[Y]. The van der Waals surface area contributed by atoms with Gasteiger partial charge in [-0.25, -0.2) is 0 Å². The molecule has 0 N–H and O–H groups in total. The third kappa shape index (κ3) is 476. The van der Waals surface area contributed by atoms with E-state index in [-0.39, 0.29) is 2160 Å². The molecule has 0 spiro atoms. The molecule has 0 saturated carbocycles. The van der Waals surface area contributed by atoms with Crippen molar-refractivity contribution in [3.63, 3.8) is 0 Å². The second-order valence-corrected chi connectivity index (χ2v) is 0. The molecule has 0 aliphatic carbocycles. The Morgan fingerprint density at radius 3 is 0.0152 bits per heavy atom. The van der Waals surface area contributed by atoms with Gasteiger partial charge in [-0.3, -0.25) is 0 Å². The predicted molar refractivity (Wildman–Crippen MR) is 0 cm³/mol. The van der Waals surface area contributed by atoms with Gasteiger partial charge in [0.25, 0.3) is 0 Å². The fourth-order valence-corrected chi connectivity index (χ4v) is 0. The van der Waals surface area contributed by atoms with Gasteiger partial charge in [0.15, 0.2) is 0 Å². The Kier molecular flexibility index (Phi) is 3660. The van der Waals surface area contributed by atoms with Crippen LogP contribution in [0.5, 0.6) is 0 Å². The molecule has 198 valence electrons. The molecular formula is Y66. The van der Waals surface area contributed by atoms with E-state index in [1.54, 1.807) is 0 Å². The fourth-order valence-electron chi connectivity index (χ4n) is 0. The maximum absolute atomic E-state index is 0. The fraction of sp³-hybridized carbons (Fsp3) is 0. The zero-order valence-corrected chi connectivity index (χ0v) is 225. The molecule has 0 bridgehead atoms. The molecule has 0 aromatic rings. The molecule has 0 saturated heterocycles. The molecule has 0 aliphatic rings. The molecule has 0 atom stereocenters. The largest absolute Gasteiger partial charge is 0 e. The van der Waals surface area contributed by atoms with Gasteiger partial charge in [0, 0.05) is 2160 Å². The molecule has 66 heavy (non-hydrogen) atoms. The monoisotopic (exact) mass is 5870 g/mol. The van der Waals surface area contributed by atoms with Crippen molar-refractivity contribution in [1.82, 2.24) is 0 Å². The molecule has 0 aliphatic heterocycles. The van der Waals surface area contributed by atoms with Crippen LogP contribution in [0.25, 0.3) is 0 Å². The molecule has 0 heterocycles. The van der Waals surface area contributed by atoms with E-state index >= 15 is 0 Å². The zero-order valence-electron chi connectivity index (χ0n) is 38.1. The first kappa shape index (κ1) is 497. The summed E-state index contributed by atoms with van der Waals surface area (Å²) in [6, 6.07) is 0. The van der Waals surface area contributed by atoms with Gasteiger partial charge in [0.1, 0.15) is 0 Å². The van der Waals surface area contributed by atoms with Crippen LogP contribution in [0.4, 0.5) is 0 Å². The van der Waals surface area contributed by atoms with Crippen molar-refractivity contribution in [1.29, 1.82) is 0 Å². The van der Waals surface area contributed by atoms with Crippen LogP contribution < -0.4 is 0 Å². The normalized spacial score (nSPS) is 0. The Balaban J connectivity index is 0. The molecular weight excluding hydrogens is 5870 g/mol. The Hall–Kier alpha value is 72.9. The maximum Gasteiger partial charge on any atom is 0 e. The summed E-state index contributed by atoms with van der Waals surface area (Å²) in [5.41, 5.74) is 0. The molecule has 66 radical (unpaired) electrons. The summed E-state index contributed by atoms with van der Waals surface area (Å²) in [7, 11) is 0. The summed E-state index contributed by atoms with van der Waals surface area (Å²) < 4.78 is 0. The van der Waals surface area contributed by atoms with Crippen molar-refractivity contribution in [3.05, 3.63) is 0 Å². The average Bonchev–Trinajstić information content (AvgIpc) is 0. The third-order valence-corrected chi connectivity index (χ3v) is 0. The van der Waals surface area contributed by atoms with Crippen LogP contribution >= 0.6 is 0 Å². The van der Waals surface area contributed by atoms with Gasteiger partial charge < -0.3 is 0 Å². The van der Waals surface area contributed by atoms with Gasteiger partial charge in [-0.15, -0.1) is 0 Å². The van der Waals surface area contributed by atoms with Crippen molar-refractivity contribution in [2.24, 2.45) is 0 Å². The van der Waals surface area contributed by atoms with Gasteiger partial charge in [0.05, 0.1) is 0 Å². The Morgan fingerprint density at radius 2 is 0.0152 bits per heavy atom.